The third-order valence-electron chi connectivity index (χ3n) is 3.84. The monoisotopic (exact) mass is 280 g/mol. The molecule has 1 N–H and O–H groups in total. The Morgan fingerprint density at radius 3 is 2.80 bits per heavy atom. The van der Waals surface area contributed by atoms with Crippen LogP contribution in [0.1, 0.15) is 24.7 Å². The van der Waals surface area contributed by atoms with Gasteiger partial charge in [-0.1, -0.05) is 6.92 Å². The summed E-state index contributed by atoms with van der Waals surface area (Å²) in [6.07, 6.45) is -0.993. The van der Waals surface area contributed by atoms with Gasteiger partial charge < -0.3 is 9.84 Å². The van der Waals surface area contributed by atoms with Crippen LogP contribution in [0.5, 0.6) is 0 Å². The zero-order valence-electron chi connectivity index (χ0n) is 11.6. The van der Waals surface area contributed by atoms with Crippen LogP contribution in [-0.4, -0.2) is 43.5 Å². The van der Waals surface area contributed by atoms with Crippen LogP contribution in [0.3, 0.4) is 0 Å². The summed E-state index contributed by atoms with van der Waals surface area (Å²) >= 11 is 0. The van der Waals surface area contributed by atoms with E-state index in [2.05, 4.69) is 15.0 Å². The first-order valence-corrected chi connectivity index (χ1v) is 6.61. The van der Waals surface area contributed by atoms with E-state index in [0.29, 0.717) is 17.0 Å². The Kier molecular flexibility index (Phi) is 3.18. The average Bonchev–Trinajstić information content (AvgIpc) is 2.93. The molecule has 0 aromatic carbocycles. The van der Waals surface area contributed by atoms with Crippen molar-refractivity contribution in [1.82, 2.24) is 19.5 Å². The van der Waals surface area contributed by atoms with Crippen LogP contribution in [0, 0.1) is 19.8 Å². The Morgan fingerprint density at radius 2 is 2.15 bits per heavy atom. The molecule has 0 saturated carbocycles. The van der Waals surface area contributed by atoms with Gasteiger partial charge in [0.1, 0.15) is 11.3 Å². The summed E-state index contributed by atoms with van der Waals surface area (Å²) in [6, 6.07) is 0. The van der Waals surface area contributed by atoms with Gasteiger partial charge in [0.25, 0.3) is 0 Å². The number of aryl methyl sites for hydroxylation is 2. The standard InChI is InChI=1S/C13H17FN4O2/c1-6-9(4-19)20-13(10(6)14)18-5-15-11-7(2)16-8(3)17-12(11)18/h5-6,9-10,13,19H,4H2,1-3H3/t6-,9-,10+,13-/m1/s1. The highest BCUT2D eigenvalue weighted by atomic mass is 19.1. The number of rotatable bonds is 2. The van der Waals surface area contributed by atoms with E-state index in [1.54, 1.807) is 18.4 Å². The van der Waals surface area contributed by atoms with Crippen molar-refractivity contribution >= 4 is 11.2 Å². The van der Waals surface area contributed by atoms with Crippen molar-refractivity contribution < 1.29 is 14.2 Å². The fourth-order valence-corrected chi connectivity index (χ4v) is 2.65. The van der Waals surface area contributed by atoms with E-state index in [1.165, 1.54) is 6.33 Å². The van der Waals surface area contributed by atoms with Crippen molar-refractivity contribution in [2.75, 3.05) is 6.61 Å². The Balaban J connectivity index is 2.07. The first-order chi connectivity index (χ1) is 9.52. The minimum atomic E-state index is -1.21. The number of ether oxygens (including phenoxy) is 1. The molecule has 3 heterocycles. The van der Waals surface area contributed by atoms with E-state index in [9.17, 15) is 9.50 Å². The predicted octanol–water partition coefficient (Wildman–Crippen LogP) is 1.31. The fourth-order valence-electron chi connectivity index (χ4n) is 2.65. The molecule has 1 fully saturated rings. The maximum absolute atomic E-state index is 14.4. The van der Waals surface area contributed by atoms with Crippen molar-refractivity contribution in [2.24, 2.45) is 5.92 Å². The van der Waals surface area contributed by atoms with Gasteiger partial charge in [-0.15, -0.1) is 0 Å². The highest BCUT2D eigenvalue weighted by Gasteiger charge is 2.43. The lowest BCUT2D eigenvalue weighted by atomic mass is 10.0. The molecule has 2 aromatic heterocycles. The van der Waals surface area contributed by atoms with E-state index < -0.39 is 18.5 Å². The molecule has 0 bridgehead atoms. The number of aliphatic hydroxyl groups is 1. The molecule has 0 amide bonds. The summed E-state index contributed by atoms with van der Waals surface area (Å²) in [5.41, 5.74) is 1.96. The second kappa shape index (κ2) is 4.75. The Morgan fingerprint density at radius 1 is 1.40 bits per heavy atom. The van der Waals surface area contributed by atoms with E-state index in [-0.39, 0.29) is 12.5 Å². The molecule has 1 saturated heterocycles. The second-order valence-electron chi connectivity index (χ2n) is 5.23. The normalized spacial score (nSPS) is 30.2. The molecular formula is C13H17FN4O2. The molecule has 1 aliphatic heterocycles. The largest absolute Gasteiger partial charge is 0.394 e. The fraction of sp³-hybridized carbons (Fsp3) is 0.615. The van der Waals surface area contributed by atoms with Crippen LogP contribution < -0.4 is 0 Å². The molecule has 2 aromatic rings. The molecule has 1 aliphatic rings. The molecule has 7 heteroatoms. The maximum Gasteiger partial charge on any atom is 0.168 e. The van der Waals surface area contributed by atoms with Gasteiger partial charge >= 0.3 is 0 Å². The second-order valence-corrected chi connectivity index (χ2v) is 5.23. The first kappa shape index (κ1) is 13.4. The predicted molar refractivity (Wildman–Crippen MR) is 69.9 cm³/mol. The summed E-state index contributed by atoms with van der Waals surface area (Å²) in [5, 5.41) is 9.23. The molecule has 3 rings (SSSR count). The summed E-state index contributed by atoms with van der Waals surface area (Å²) in [4.78, 5) is 12.8. The summed E-state index contributed by atoms with van der Waals surface area (Å²) in [6.45, 7) is 5.16. The third kappa shape index (κ3) is 1.89. The number of aromatic nitrogens is 4. The number of aliphatic hydroxyl groups excluding tert-OH is 1. The van der Waals surface area contributed by atoms with E-state index in [1.807, 2.05) is 6.92 Å². The zero-order chi connectivity index (χ0) is 14.4. The number of hydrogen-bond donors (Lipinski definition) is 1. The quantitative estimate of drug-likeness (QED) is 0.897. The van der Waals surface area contributed by atoms with Crippen molar-refractivity contribution in [3.05, 3.63) is 17.8 Å². The molecule has 108 valence electrons. The Labute approximate surface area is 115 Å². The lowest BCUT2D eigenvalue weighted by Gasteiger charge is -2.15. The van der Waals surface area contributed by atoms with Gasteiger partial charge in [-0.2, -0.15) is 0 Å². The number of nitrogens with zero attached hydrogens (tertiary/aromatic N) is 4. The number of halogens is 1. The molecule has 4 atom stereocenters. The van der Waals surface area contributed by atoms with Crippen LogP contribution in [0.15, 0.2) is 6.33 Å². The topological polar surface area (TPSA) is 73.1 Å². The highest BCUT2D eigenvalue weighted by molar-refractivity contribution is 5.73. The molecule has 20 heavy (non-hydrogen) atoms. The zero-order valence-corrected chi connectivity index (χ0v) is 11.6. The maximum atomic E-state index is 14.4. The molecule has 6 nitrogen and oxygen atoms in total. The van der Waals surface area contributed by atoms with E-state index >= 15 is 0 Å². The Bertz CT molecular complexity index is 645. The Hall–Kier alpha value is -1.60. The van der Waals surface area contributed by atoms with Gasteiger partial charge in [-0.05, 0) is 13.8 Å². The van der Waals surface area contributed by atoms with Gasteiger partial charge in [0, 0.05) is 5.92 Å². The van der Waals surface area contributed by atoms with Gasteiger partial charge in [0.15, 0.2) is 18.0 Å². The highest BCUT2D eigenvalue weighted by Crippen LogP contribution is 2.37. The summed E-state index contributed by atoms with van der Waals surface area (Å²) in [5.74, 6) is 0.239. The van der Waals surface area contributed by atoms with E-state index in [0.717, 1.165) is 5.69 Å². The van der Waals surface area contributed by atoms with E-state index in [4.69, 9.17) is 4.74 Å². The van der Waals surface area contributed by atoms with Gasteiger partial charge in [0.2, 0.25) is 0 Å². The molecule has 0 spiro atoms. The summed E-state index contributed by atoms with van der Waals surface area (Å²) < 4.78 is 21.6. The number of hydrogen-bond acceptors (Lipinski definition) is 5. The van der Waals surface area contributed by atoms with Crippen LogP contribution in [0.2, 0.25) is 0 Å². The van der Waals surface area contributed by atoms with Crippen LogP contribution in [0.4, 0.5) is 4.39 Å². The van der Waals surface area contributed by atoms with Crippen molar-refractivity contribution in [1.29, 1.82) is 0 Å². The van der Waals surface area contributed by atoms with Gasteiger partial charge in [-0.3, -0.25) is 4.57 Å². The summed E-state index contributed by atoms with van der Waals surface area (Å²) in [7, 11) is 0. The minimum absolute atomic E-state index is 0.197. The number of alkyl halides is 1. The molecule has 0 aliphatic carbocycles. The van der Waals surface area contributed by atoms with Gasteiger partial charge in [0.05, 0.1) is 24.7 Å². The lowest BCUT2D eigenvalue weighted by molar-refractivity contribution is -0.0378. The third-order valence-corrected chi connectivity index (χ3v) is 3.84. The minimum Gasteiger partial charge on any atom is -0.394 e. The number of imidazole rings is 1. The van der Waals surface area contributed by atoms with Crippen molar-refractivity contribution in [3.63, 3.8) is 0 Å². The van der Waals surface area contributed by atoms with Crippen LogP contribution >= 0.6 is 0 Å². The average molecular weight is 280 g/mol. The SMILES string of the molecule is Cc1nc(C)c2ncn([C@@H]3O[C@H](CO)[C@@H](C)[C@@H]3F)c2n1. The first-order valence-electron chi connectivity index (χ1n) is 6.61. The van der Waals surface area contributed by atoms with Crippen molar-refractivity contribution in [3.8, 4) is 0 Å². The van der Waals surface area contributed by atoms with Crippen LogP contribution in [0.25, 0.3) is 11.2 Å². The lowest BCUT2D eigenvalue weighted by Crippen LogP contribution is -2.21. The molecule has 0 unspecified atom stereocenters. The van der Waals surface area contributed by atoms with Crippen molar-refractivity contribution in [2.45, 2.75) is 39.3 Å². The van der Waals surface area contributed by atoms with Gasteiger partial charge in [-0.25, -0.2) is 19.3 Å². The number of fused-ring (bicyclic) bond motifs is 1. The smallest absolute Gasteiger partial charge is 0.168 e. The molecule has 0 radical (unpaired) electrons. The molecular weight excluding hydrogens is 263 g/mol. The van der Waals surface area contributed by atoms with Crippen LogP contribution in [-0.2, 0) is 4.74 Å².